The van der Waals surface area contributed by atoms with Crippen LogP contribution in [0.15, 0.2) is 59.7 Å². The number of anilines is 2. The third-order valence-corrected chi connectivity index (χ3v) is 12.7. The van der Waals surface area contributed by atoms with E-state index in [2.05, 4.69) is 32.8 Å². The number of rotatable bonds is 11. The highest BCUT2D eigenvalue weighted by Crippen LogP contribution is 2.39. The summed E-state index contributed by atoms with van der Waals surface area (Å²) >= 11 is 0. The molecule has 4 aliphatic rings. The van der Waals surface area contributed by atoms with Crippen molar-refractivity contribution in [2.24, 2.45) is 13.0 Å². The highest BCUT2D eigenvalue weighted by molar-refractivity contribution is 6.09. The average Bonchev–Trinajstić information content (AvgIpc) is 3.66. The normalized spacial score (nSPS) is 24.9. The molecule has 3 aromatic heterocycles. The second-order valence-corrected chi connectivity index (χ2v) is 17.2. The van der Waals surface area contributed by atoms with Gasteiger partial charge in [0.25, 0.3) is 11.5 Å². The van der Waals surface area contributed by atoms with Gasteiger partial charge in [0.2, 0.25) is 5.91 Å². The molecule has 2 aliphatic carbocycles. The molecule has 16 heteroatoms. The lowest BCUT2D eigenvalue weighted by Gasteiger charge is -2.40. The van der Waals surface area contributed by atoms with Gasteiger partial charge in [-0.15, -0.1) is 0 Å². The Morgan fingerprint density at radius 1 is 1.03 bits per heavy atom. The molecule has 0 radical (unpaired) electrons. The lowest BCUT2D eigenvalue weighted by molar-refractivity contribution is -0.120. The van der Waals surface area contributed by atoms with Crippen LogP contribution >= 0.6 is 0 Å². The van der Waals surface area contributed by atoms with E-state index in [0.29, 0.717) is 36.0 Å². The molecule has 2 aliphatic heterocycles. The second-order valence-electron chi connectivity index (χ2n) is 17.2. The van der Waals surface area contributed by atoms with Crippen molar-refractivity contribution in [2.75, 3.05) is 43.5 Å². The zero-order chi connectivity index (χ0) is 41.8. The van der Waals surface area contributed by atoms with Gasteiger partial charge in [-0.05, 0) is 94.3 Å². The number of aryl methyl sites for hydroxylation is 1. The Labute approximate surface area is 346 Å². The SMILES string of the molecule is CO[C@H]1CN(CC2CCC(n3cc4cc(C(=O)Nc5cccn([C@H]6C[C@H]6F)c5=O)c(OC(C)C)cc4n3)CC2)CC[C@H]1c1ccc2c(N3CCC(=O)NC3=O)nn(C)c2c1. The number of halogens is 1. The zero-order valence-electron chi connectivity index (χ0n) is 34.5. The molecular weight excluding hydrogens is 770 g/mol. The molecule has 2 aromatic carbocycles. The molecule has 4 atom stereocenters. The molecular formula is C44H52FN9O6. The quantitative estimate of drug-likeness (QED) is 0.161. The van der Waals surface area contributed by atoms with Crippen LogP contribution in [0, 0.1) is 5.92 Å². The number of aromatic nitrogens is 5. The van der Waals surface area contributed by atoms with Crippen LogP contribution in [0.25, 0.3) is 21.8 Å². The van der Waals surface area contributed by atoms with Crippen LogP contribution in [-0.2, 0) is 16.6 Å². The van der Waals surface area contributed by atoms with E-state index in [9.17, 15) is 23.6 Å². The van der Waals surface area contributed by atoms with Crippen LogP contribution in [0.3, 0.4) is 0 Å². The first-order valence-electron chi connectivity index (χ1n) is 21.1. The first kappa shape index (κ1) is 39.8. The number of ether oxygens (including phenoxy) is 2. The Morgan fingerprint density at radius 2 is 1.83 bits per heavy atom. The van der Waals surface area contributed by atoms with Crippen LogP contribution in [0.4, 0.5) is 20.7 Å². The maximum Gasteiger partial charge on any atom is 0.329 e. The summed E-state index contributed by atoms with van der Waals surface area (Å²) in [5, 5.41) is 16.4. The number of nitrogens with zero attached hydrogens (tertiary/aromatic N) is 7. The smallest absolute Gasteiger partial charge is 0.329 e. The largest absolute Gasteiger partial charge is 0.490 e. The van der Waals surface area contributed by atoms with Crippen molar-refractivity contribution in [3.05, 3.63) is 76.3 Å². The minimum atomic E-state index is -1.05. The van der Waals surface area contributed by atoms with E-state index in [-0.39, 0.29) is 42.2 Å². The molecule has 5 heterocycles. The fraction of sp³-hybridized carbons (Fsp3) is 0.500. The molecule has 2 saturated heterocycles. The fourth-order valence-corrected chi connectivity index (χ4v) is 9.46. The van der Waals surface area contributed by atoms with Gasteiger partial charge >= 0.3 is 6.03 Å². The number of hydrogen-bond donors (Lipinski definition) is 2. The number of alkyl halides is 1. The minimum Gasteiger partial charge on any atom is -0.490 e. The predicted molar refractivity (Wildman–Crippen MR) is 225 cm³/mol. The summed E-state index contributed by atoms with van der Waals surface area (Å²) in [6.07, 6.45) is 8.00. The van der Waals surface area contributed by atoms with Crippen LogP contribution in [0.2, 0.25) is 0 Å². The molecule has 316 valence electrons. The second kappa shape index (κ2) is 16.1. The van der Waals surface area contributed by atoms with E-state index in [4.69, 9.17) is 14.6 Å². The number of nitrogens with one attached hydrogen (secondary N) is 2. The van der Waals surface area contributed by atoms with Gasteiger partial charge in [0.05, 0.1) is 40.9 Å². The molecule has 4 fully saturated rings. The highest BCUT2D eigenvalue weighted by atomic mass is 19.1. The number of pyridine rings is 1. The van der Waals surface area contributed by atoms with Crippen molar-refractivity contribution in [2.45, 2.75) is 95.2 Å². The summed E-state index contributed by atoms with van der Waals surface area (Å²) in [5.41, 5.74) is 2.82. The Kier molecular flexibility index (Phi) is 10.7. The summed E-state index contributed by atoms with van der Waals surface area (Å²) in [5.74, 6) is 0.984. The number of likely N-dealkylation sites (tertiary alicyclic amines) is 1. The van der Waals surface area contributed by atoms with Crippen molar-refractivity contribution in [3.8, 4) is 5.75 Å². The van der Waals surface area contributed by atoms with E-state index in [1.54, 1.807) is 36.2 Å². The zero-order valence-corrected chi connectivity index (χ0v) is 34.5. The Bertz CT molecular complexity index is 2520. The van der Waals surface area contributed by atoms with E-state index >= 15 is 0 Å². The Morgan fingerprint density at radius 3 is 2.57 bits per heavy atom. The molecule has 60 heavy (non-hydrogen) atoms. The van der Waals surface area contributed by atoms with Gasteiger partial charge in [0, 0.05) is 81.8 Å². The first-order chi connectivity index (χ1) is 28.9. The molecule has 4 amide bonds. The number of carbonyl (C=O) groups is 3. The van der Waals surface area contributed by atoms with Crippen molar-refractivity contribution >= 4 is 51.2 Å². The number of hydrogen-bond acceptors (Lipinski definition) is 9. The molecule has 0 bridgehead atoms. The fourth-order valence-electron chi connectivity index (χ4n) is 9.46. The van der Waals surface area contributed by atoms with Gasteiger partial charge in [0.1, 0.15) is 17.6 Å². The van der Waals surface area contributed by atoms with E-state index < -0.39 is 29.7 Å². The van der Waals surface area contributed by atoms with Crippen LogP contribution < -0.4 is 25.8 Å². The number of piperidine rings is 1. The number of fused-ring (bicyclic) bond motifs is 2. The molecule has 0 spiro atoms. The van der Waals surface area contributed by atoms with Crippen molar-refractivity contribution < 1.29 is 28.2 Å². The van der Waals surface area contributed by atoms with Crippen molar-refractivity contribution in [3.63, 3.8) is 0 Å². The van der Waals surface area contributed by atoms with Gasteiger partial charge in [0.15, 0.2) is 5.82 Å². The summed E-state index contributed by atoms with van der Waals surface area (Å²) < 4.78 is 31.2. The van der Waals surface area contributed by atoms with Crippen molar-refractivity contribution in [1.82, 2.24) is 34.3 Å². The number of carbonyl (C=O) groups excluding carboxylic acids is 3. The number of imide groups is 1. The summed E-state index contributed by atoms with van der Waals surface area (Å²) in [4.78, 5) is 55.1. The van der Waals surface area contributed by atoms with Gasteiger partial charge in [-0.25, -0.2) is 9.18 Å². The monoisotopic (exact) mass is 821 g/mol. The lowest BCUT2D eigenvalue weighted by atomic mass is 9.83. The number of methoxy groups -OCH3 is 1. The van der Waals surface area contributed by atoms with Gasteiger partial charge in [-0.3, -0.25) is 34.0 Å². The maximum atomic E-state index is 13.8. The third-order valence-electron chi connectivity index (χ3n) is 12.7. The molecule has 9 rings (SSSR count). The van der Waals surface area contributed by atoms with E-state index in [1.807, 2.05) is 37.8 Å². The molecule has 15 nitrogen and oxygen atoms in total. The molecule has 5 aromatic rings. The van der Waals surface area contributed by atoms with E-state index in [0.717, 1.165) is 73.5 Å². The number of urea groups is 1. The Balaban J connectivity index is 0.829. The van der Waals surface area contributed by atoms with Crippen LogP contribution in [0.1, 0.15) is 92.7 Å². The van der Waals surface area contributed by atoms with Crippen LogP contribution in [0.5, 0.6) is 5.75 Å². The summed E-state index contributed by atoms with van der Waals surface area (Å²) in [6, 6.07) is 12.4. The standard InChI is InChI=1S/C44H52FN9O6/c1-25(2)60-38-21-35-28(18-32(38)42(56)46-34-6-5-15-52(43(34)57)37-20-33(37)45)23-54(48-35)29-10-7-26(8-11-29)22-51-16-13-30(39(24-51)59-4)27-9-12-31-36(19-27)50(3)49-41(31)53-17-14-40(55)47-44(53)58/h5-6,9,12,15,18-19,21,23,25-26,29-30,33,37,39H,7-8,10-11,13-14,16-17,20,22,24H2,1-4H3,(H,46,56)(H,47,55,58)/t26?,29?,30-,33+,37-,39-/m0/s1. The van der Waals surface area contributed by atoms with Crippen molar-refractivity contribution in [1.29, 1.82) is 0 Å². The summed E-state index contributed by atoms with van der Waals surface area (Å²) in [6.45, 7) is 6.92. The molecule has 2 N–H and O–H groups in total. The third kappa shape index (κ3) is 7.78. The molecule has 2 saturated carbocycles. The highest BCUT2D eigenvalue weighted by Gasteiger charge is 2.40. The minimum absolute atomic E-state index is 0.0328. The van der Waals surface area contributed by atoms with Gasteiger partial charge in [-0.1, -0.05) is 6.07 Å². The molecule has 0 unspecified atom stereocenters. The predicted octanol–water partition coefficient (Wildman–Crippen LogP) is 6.09. The summed E-state index contributed by atoms with van der Waals surface area (Å²) in [7, 11) is 3.67. The lowest BCUT2D eigenvalue weighted by Crippen LogP contribution is -2.49. The van der Waals surface area contributed by atoms with Gasteiger partial charge in [-0.2, -0.15) is 10.2 Å². The van der Waals surface area contributed by atoms with Crippen LogP contribution in [-0.4, -0.2) is 98.5 Å². The maximum absolute atomic E-state index is 13.8. The topological polar surface area (TPSA) is 158 Å². The Hall–Kier alpha value is -5.61. The average molecular weight is 822 g/mol. The van der Waals surface area contributed by atoms with Gasteiger partial charge < -0.3 is 24.3 Å². The van der Waals surface area contributed by atoms with E-state index in [1.165, 1.54) is 21.1 Å². The number of benzene rings is 2. The first-order valence-corrected chi connectivity index (χ1v) is 21.1. The number of amides is 4.